The Bertz CT molecular complexity index is 531. The summed E-state index contributed by atoms with van der Waals surface area (Å²) < 4.78 is 1.31. The van der Waals surface area contributed by atoms with Crippen molar-refractivity contribution in [1.29, 1.82) is 0 Å². The maximum absolute atomic E-state index is 11.7. The van der Waals surface area contributed by atoms with Crippen molar-refractivity contribution in [3.63, 3.8) is 0 Å². The van der Waals surface area contributed by atoms with E-state index in [1.165, 1.54) is 4.68 Å². The third kappa shape index (κ3) is 1.74. The maximum atomic E-state index is 11.7. The van der Waals surface area contributed by atoms with Crippen LogP contribution in [0.4, 0.5) is 5.69 Å². The van der Waals surface area contributed by atoms with Crippen LogP contribution < -0.4 is 11.3 Å². The number of aromatic nitrogens is 2. The number of nitrogens with zero attached hydrogens (tertiary/aromatic N) is 2. The van der Waals surface area contributed by atoms with Crippen molar-refractivity contribution in [1.82, 2.24) is 9.78 Å². The fourth-order valence-corrected chi connectivity index (χ4v) is 1.39. The molecule has 1 aromatic heterocycles. The lowest BCUT2D eigenvalue weighted by molar-refractivity contribution is 0.789. The molecule has 76 valence electrons. The third-order valence-corrected chi connectivity index (χ3v) is 2.06. The van der Waals surface area contributed by atoms with Gasteiger partial charge < -0.3 is 5.73 Å². The topological polar surface area (TPSA) is 60.9 Å². The monoisotopic (exact) mass is 201 g/mol. The molecule has 0 radical (unpaired) electrons. The first-order valence-corrected chi connectivity index (χ1v) is 4.60. The molecule has 2 N–H and O–H groups in total. The Balaban J connectivity index is 2.69. The quantitative estimate of drug-likeness (QED) is 0.752. The van der Waals surface area contributed by atoms with Crippen molar-refractivity contribution >= 4 is 5.69 Å². The van der Waals surface area contributed by atoms with Crippen LogP contribution in [0.25, 0.3) is 5.69 Å². The minimum Gasteiger partial charge on any atom is -0.394 e. The molecule has 0 saturated heterocycles. The van der Waals surface area contributed by atoms with Crippen LogP contribution in [-0.2, 0) is 0 Å². The number of nitrogen functional groups attached to an aromatic ring is 1. The molecule has 1 heterocycles. The maximum Gasteiger partial charge on any atom is 0.294 e. The molecule has 0 spiro atoms. The molecule has 0 aliphatic heterocycles. The number of benzene rings is 1. The van der Waals surface area contributed by atoms with E-state index in [4.69, 9.17) is 5.73 Å². The average Bonchev–Trinajstić information content (AvgIpc) is 2.24. The zero-order valence-electron chi connectivity index (χ0n) is 8.34. The van der Waals surface area contributed by atoms with E-state index in [-0.39, 0.29) is 11.2 Å². The van der Waals surface area contributed by atoms with E-state index in [9.17, 15) is 4.79 Å². The van der Waals surface area contributed by atoms with E-state index in [0.29, 0.717) is 0 Å². The smallest absolute Gasteiger partial charge is 0.294 e. The van der Waals surface area contributed by atoms with Crippen molar-refractivity contribution in [2.75, 3.05) is 5.73 Å². The van der Waals surface area contributed by atoms with Crippen LogP contribution in [0.15, 0.2) is 41.2 Å². The standard InChI is InChI=1S/C11H11N3O/c1-8-7-10(12)11(15)14(13-8)9-5-3-2-4-6-9/h2-7H,12H2,1H3. The second-order valence-electron chi connectivity index (χ2n) is 3.29. The Morgan fingerprint density at radius 1 is 1.27 bits per heavy atom. The lowest BCUT2D eigenvalue weighted by atomic mass is 10.3. The molecule has 0 aliphatic carbocycles. The summed E-state index contributed by atoms with van der Waals surface area (Å²) in [6, 6.07) is 10.8. The first kappa shape index (κ1) is 9.45. The first-order chi connectivity index (χ1) is 7.18. The van der Waals surface area contributed by atoms with Crippen LogP contribution >= 0.6 is 0 Å². The van der Waals surface area contributed by atoms with Crippen LogP contribution in [0, 0.1) is 6.92 Å². The molecular weight excluding hydrogens is 190 g/mol. The summed E-state index contributed by atoms with van der Waals surface area (Å²) in [7, 11) is 0. The fourth-order valence-electron chi connectivity index (χ4n) is 1.39. The molecule has 0 bridgehead atoms. The SMILES string of the molecule is Cc1cc(N)c(=O)n(-c2ccccc2)n1. The van der Waals surface area contributed by atoms with E-state index in [1.807, 2.05) is 30.3 Å². The van der Waals surface area contributed by atoms with Gasteiger partial charge in [-0.25, -0.2) is 0 Å². The summed E-state index contributed by atoms with van der Waals surface area (Å²) >= 11 is 0. The van der Waals surface area contributed by atoms with E-state index < -0.39 is 0 Å². The van der Waals surface area contributed by atoms with E-state index in [0.717, 1.165) is 11.4 Å². The molecule has 2 aromatic rings. The van der Waals surface area contributed by atoms with E-state index in [1.54, 1.807) is 13.0 Å². The average molecular weight is 201 g/mol. The summed E-state index contributed by atoms with van der Waals surface area (Å²) in [6.07, 6.45) is 0. The van der Waals surface area contributed by atoms with Gasteiger partial charge in [-0.05, 0) is 25.1 Å². The Kier molecular flexibility index (Phi) is 2.25. The molecule has 4 heteroatoms. The molecule has 0 aliphatic rings. The minimum atomic E-state index is -0.285. The lowest BCUT2D eigenvalue weighted by Crippen LogP contribution is -2.24. The number of nitrogens with two attached hydrogens (primary N) is 1. The van der Waals surface area contributed by atoms with Crippen molar-refractivity contribution in [3.05, 3.63) is 52.4 Å². The highest BCUT2D eigenvalue weighted by molar-refractivity contribution is 5.39. The molecule has 2 rings (SSSR count). The zero-order valence-corrected chi connectivity index (χ0v) is 8.34. The van der Waals surface area contributed by atoms with Gasteiger partial charge in [0.15, 0.2) is 0 Å². The number of hydrogen-bond donors (Lipinski definition) is 1. The van der Waals surface area contributed by atoms with Crippen molar-refractivity contribution < 1.29 is 0 Å². The Morgan fingerprint density at radius 2 is 1.93 bits per heavy atom. The molecule has 0 fully saturated rings. The van der Waals surface area contributed by atoms with Crippen LogP contribution in [0.3, 0.4) is 0 Å². The van der Waals surface area contributed by atoms with Crippen LogP contribution in [0.2, 0.25) is 0 Å². The summed E-state index contributed by atoms with van der Waals surface area (Å²) in [5, 5.41) is 4.13. The van der Waals surface area contributed by atoms with Gasteiger partial charge >= 0.3 is 0 Å². The summed E-state index contributed by atoms with van der Waals surface area (Å²) in [6.45, 7) is 1.80. The Morgan fingerprint density at radius 3 is 2.60 bits per heavy atom. The molecule has 4 nitrogen and oxygen atoms in total. The van der Waals surface area contributed by atoms with Gasteiger partial charge in [0.05, 0.1) is 11.4 Å². The van der Waals surface area contributed by atoms with Crippen molar-refractivity contribution in [3.8, 4) is 5.69 Å². The molecular formula is C11H11N3O. The highest BCUT2D eigenvalue weighted by Crippen LogP contribution is 2.04. The number of aryl methyl sites for hydroxylation is 1. The Hall–Kier alpha value is -2.10. The molecule has 15 heavy (non-hydrogen) atoms. The van der Waals surface area contributed by atoms with Gasteiger partial charge in [0.1, 0.15) is 5.69 Å². The van der Waals surface area contributed by atoms with Crippen molar-refractivity contribution in [2.24, 2.45) is 0 Å². The minimum absolute atomic E-state index is 0.214. The van der Waals surface area contributed by atoms with E-state index >= 15 is 0 Å². The van der Waals surface area contributed by atoms with Gasteiger partial charge in [-0.3, -0.25) is 4.79 Å². The normalized spacial score (nSPS) is 10.2. The third-order valence-electron chi connectivity index (χ3n) is 2.06. The Labute approximate surface area is 87.0 Å². The summed E-state index contributed by atoms with van der Waals surface area (Å²) in [4.78, 5) is 11.7. The highest BCUT2D eigenvalue weighted by atomic mass is 16.1. The van der Waals surface area contributed by atoms with E-state index in [2.05, 4.69) is 5.10 Å². The number of rotatable bonds is 1. The fraction of sp³-hybridized carbons (Fsp3) is 0.0909. The van der Waals surface area contributed by atoms with Gasteiger partial charge in [0.25, 0.3) is 5.56 Å². The molecule has 0 atom stereocenters. The van der Waals surface area contributed by atoms with Crippen LogP contribution in [-0.4, -0.2) is 9.78 Å². The van der Waals surface area contributed by atoms with Gasteiger partial charge in [-0.1, -0.05) is 18.2 Å². The lowest BCUT2D eigenvalue weighted by Gasteiger charge is -2.05. The number of anilines is 1. The van der Waals surface area contributed by atoms with Crippen LogP contribution in [0.5, 0.6) is 0 Å². The van der Waals surface area contributed by atoms with Gasteiger partial charge in [0.2, 0.25) is 0 Å². The van der Waals surface area contributed by atoms with Gasteiger partial charge in [0, 0.05) is 0 Å². The summed E-state index contributed by atoms with van der Waals surface area (Å²) in [5.41, 5.74) is 6.95. The molecule has 1 aromatic carbocycles. The number of para-hydroxylation sites is 1. The largest absolute Gasteiger partial charge is 0.394 e. The molecule has 0 unspecified atom stereocenters. The number of hydrogen-bond acceptors (Lipinski definition) is 3. The van der Waals surface area contributed by atoms with Crippen molar-refractivity contribution in [2.45, 2.75) is 6.92 Å². The van der Waals surface area contributed by atoms with Gasteiger partial charge in [-0.15, -0.1) is 0 Å². The zero-order chi connectivity index (χ0) is 10.8. The summed E-state index contributed by atoms with van der Waals surface area (Å²) in [5.74, 6) is 0. The molecule has 0 saturated carbocycles. The molecule has 0 amide bonds. The second-order valence-corrected chi connectivity index (χ2v) is 3.29. The second kappa shape index (κ2) is 3.57. The first-order valence-electron chi connectivity index (χ1n) is 4.60. The highest BCUT2D eigenvalue weighted by Gasteiger charge is 2.04. The predicted molar refractivity (Wildman–Crippen MR) is 59.0 cm³/mol. The van der Waals surface area contributed by atoms with Crippen LogP contribution in [0.1, 0.15) is 5.69 Å². The predicted octanol–water partition coefficient (Wildman–Crippen LogP) is 1.12. The van der Waals surface area contributed by atoms with Gasteiger partial charge in [-0.2, -0.15) is 9.78 Å².